The van der Waals surface area contributed by atoms with Crippen LogP contribution in [0.15, 0.2) is 23.2 Å². The molecular weight excluding hydrogens is 272 g/mol. The summed E-state index contributed by atoms with van der Waals surface area (Å²) in [6, 6.07) is 5.96. The van der Waals surface area contributed by atoms with Gasteiger partial charge >= 0.3 is 0 Å². The molecule has 0 saturated carbocycles. The zero-order chi connectivity index (χ0) is 14.7. The maximum Gasteiger partial charge on any atom is 0.250 e. The number of hydrogen-bond acceptors (Lipinski definition) is 3. The van der Waals surface area contributed by atoms with Crippen LogP contribution in [0, 0.1) is 5.92 Å². The monoisotopic (exact) mass is 292 g/mol. The Kier molecular flexibility index (Phi) is 4.60. The summed E-state index contributed by atoms with van der Waals surface area (Å²) in [5.41, 5.74) is 1.03. The maximum absolute atomic E-state index is 11.9. The summed E-state index contributed by atoms with van der Waals surface area (Å²) in [7, 11) is 0. The number of thiazole rings is 1. The highest BCUT2D eigenvalue weighted by Crippen LogP contribution is 2.27. The van der Waals surface area contributed by atoms with E-state index in [-0.39, 0.29) is 11.8 Å². The molecule has 1 aromatic heterocycles. The number of ether oxygens (including phenoxy) is 1. The molecule has 0 bridgehead atoms. The van der Waals surface area contributed by atoms with Crippen LogP contribution in [0.25, 0.3) is 10.2 Å². The van der Waals surface area contributed by atoms with Gasteiger partial charge in [0.25, 0.3) is 5.91 Å². The van der Waals surface area contributed by atoms with Gasteiger partial charge in [-0.25, -0.2) is 0 Å². The van der Waals surface area contributed by atoms with Gasteiger partial charge < -0.3 is 9.30 Å². The molecule has 5 heteroatoms. The summed E-state index contributed by atoms with van der Waals surface area (Å²) in [4.78, 5) is 16.9. The number of para-hydroxylation sites is 1. The first-order chi connectivity index (χ1) is 9.58. The lowest BCUT2D eigenvalue weighted by Gasteiger charge is -2.07. The molecule has 0 aliphatic rings. The first-order valence-corrected chi connectivity index (χ1v) is 7.73. The van der Waals surface area contributed by atoms with Gasteiger partial charge in [0.15, 0.2) is 4.80 Å². The van der Waals surface area contributed by atoms with E-state index in [2.05, 4.69) is 4.99 Å². The van der Waals surface area contributed by atoms with Gasteiger partial charge in [0, 0.05) is 12.5 Å². The minimum Gasteiger partial charge on any atom is -0.492 e. The fraction of sp³-hybridized carbons (Fsp3) is 0.467. The van der Waals surface area contributed by atoms with Gasteiger partial charge in [-0.3, -0.25) is 4.79 Å². The SMILES string of the molecule is CCOc1cccc2sc(=NC(=O)C(C)C)n(CC)c12. The first-order valence-electron chi connectivity index (χ1n) is 6.92. The van der Waals surface area contributed by atoms with Crippen LogP contribution in [0.2, 0.25) is 0 Å². The number of fused-ring (bicyclic) bond motifs is 1. The van der Waals surface area contributed by atoms with Gasteiger partial charge in [0.05, 0.1) is 11.3 Å². The molecular formula is C15H20N2O2S. The summed E-state index contributed by atoms with van der Waals surface area (Å²) in [5.74, 6) is 0.676. The zero-order valence-electron chi connectivity index (χ0n) is 12.3. The second-order valence-corrected chi connectivity index (χ2v) is 5.78. The molecule has 20 heavy (non-hydrogen) atoms. The zero-order valence-corrected chi connectivity index (χ0v) is 13.2. The van der Waals surface area contributed by atoms with Crippen LogP contribution < -0.4 is 9.54 Å². The van der Waals surface area contributed by atoms with E-state index in [0.717, 1.165) is 27.3 Å². The normalized spacial score (nSPS) is 12.3. The van der Waals surface area contributed by atoms with Gasteiger partial charge in [0.2, 0.25) is 0 Å². The average molecular weight is 292 g/mol. The Bertz CT molecular complexity index is 683. The number of carbonyl (C=O) groups is 1. The van der Waals surface area contributed by atoms with Gasteiger partial charge in [-0.1, -0.05) is 31.3 Å². The van der Waals surface area contributed by atoms with Crippen molar-refractivity contribution in [2.75, 3.05) is 6.61 Å². The third-order valence-electron chi connectivity index (χ3n) is 2.98. The molecule has 0 aliphatic carbocycles. The highest BCUT2D eigenvalue weighted by Gasteiger charge is 2.12. The van der Waals surface area contributed by atoms with Crippen molar-refractivity contribution in [3.63, 3.8) is 0 Å². The Labute approximate surface area is 122 Å². The van der Waals surface area contributed by atoms with Gasteiger partial charge in [0.1, 0.15) is 11.3 Å². The molecule has 0 aliphatic heterocycles. The van der Waals surface area contributed by atoms with Crippen LogP contribution in [-0.4, -0.2) is 17.1 Å². The van der Waals surface area contributed by atoms with Crippen LogP contribution in [0.5, 0.6) is 5.75 Å². The van der Waals surface area contributed by atoms with E-state index in [0.29, 0.717) is 6.61 Å². The predicted molar refractivity (Wildman–Crippen MR) is 82.1 cm³/mol. The molecule has 4 nitrogen and oxygen atoms in total. The standard InChI is InChI=1S/C15H20N2O2S/c1-5-17-13-11(19-6-2)8-7-9-12(13)20-15(17)16-14(18)10(3)4/h7-10H,5-6H2,1-4H3. The van der Waals surface area contributed by atoms with E-state index in [1.165, 1.54) is 11.3 Å². The number of hydrogen-bond donors (Lipinski definition) is 0. The Hall–Kier alpha value is -1.62. The van der Waals surface area contributed by atoms with Crippen LogP contribution in [0.1, 0.15) is 27.7 Å². The number of carbonyl (C=O) groups excluding carboxylic acids is 1. The Morgan fingerprint density at radius 2 is 2.15 bits per heavy atom. The van der Waals surface area contributed by atoms with Crippen molar-refractivity contribution in [2.45, 2.75) is 34.2 Å². The third-order valence-corrected chi connectivity index (χ3v) is 4.02. The van der Waals surface area contributed by atoms with Crippen molar-refractivity contribution in [3.05, 3.63) is 23.0 Å². The average Bonchev–Trinajstić information content (AvgIpc) is 2.77. The second-order valence-electron chi connectivity index (χ2n) is 4.77. The van der Waals surface area contributed by atoms with Crippen LogP contribution in [0.3, 0.4) is 0 Å². The lowest BCUT2D eigenvalue weighted by atomic mass is 10.2. The quantitative estimate of drug-likeness (QED) is 0.868. The lowest BCUT2D eigenvalue weighted by Crippen LogP contribution is -2.18. The van der Waals surface area contributed by atoms with Crippen molar-refractivity contribution in [2.24, 2.45) is 10.9 Å². The second kappa shape index (κ2) is 6.22. The molecule has 2 rings (SSSR count). The maximum atomic E-state index is 11.9. The summed E-state index contributed by atoms with van der Waals surface area (Å²) < 4.78 is 8.82. The predicted octanol–water partition coefficient (Wildman–Crippen LogP) is 3.20. The number of nitrogens with zero attached hydrogens (tertiary/aromatic N) is 2. The summed E-state index contributed by atoms with van der Waals surface area (Å²) >= 11 is 1.53. The Balaban J connectivity index is 2.69. The number of amides is 1. The minimum atomic E-state index is -0.0864. The topological polar surface area (TPSA) is 43.6 Å². The Morgan fingerprint density at radius 1 is 1.40 bits per heavy atom. The summed E-state index contributed by atoms with van der Waals surface area (Å²) in [5, 5.41) is 0. The molecule has 108 valence electrons. The van der Waals surface area contributed by atoms with E-state index in [4.69, 9.17) is 4.74 Å². The molecule has 0 fully saturated rings. The number of aromatic nitrogens is 1. The van der Waals surface area contributed by atoms with Gasteiger partial charge in [-0.15, -0.1) is 0 Å². The highest BCUT2D eigenvalue weighted by atomic mass is 32.1. The van der Waals surface area contributed by atoms with Gasteiger partial charge in [-0.05, 0) is 26.0 Å². The molecule has 2 aromatic rings. The van der Waals surface area contributed by atoms with E-state index in [9.17, 15) is 4.79 Å². The van der Waals surface area contributed by atoms with E-state index in [1.807, 2.05) is 50.5 Å². The Morgan fingerprint density at radius 3 is 2.75 bits per heavy atom. The first kappa shape index (κ1) is 14.8. The van der Waals surface area contributed by atoms with Crippen molar-refractivity contribution in [3.8, 4) is 5.75 Å². The molecule has 0 N–H and O–H groups in total. The number of benzene rings is 1. The smallest absolute Gasteiger partial charge is 0.250 e. The minimum absolute atomic E-state index is 0.0862. The van der Waals surface area contributed by atoms with Crippen LogP contribution in [-0.2, 0) is 11.3 Å². The van der Waals surface area contributed by atoms with E-state index in [1.54, 1.807) is 0 Å². The fourth-order valence-corrected chi connectivity index (χ4v) is 3.09. The molecule has 0 spiro atoms. The summed E-state index contributed by atoms with van der Waals surface area (Å²) in [6.07, 6.45) is 0. The molecule has 0 saturated heterocycles. The van der Waals surface area contributed by atoms with E-state index < -0.39 is 0 Å². The number of rotatable bonds is 4. The van der Waals surface area contributed by atoms with Crippen molar-refractivity contribution in [1.82, 2.24) is 4.57 Å². The molecule has 0 radical (unpaired) electrons. The van der Waals surface area contributed by atoms with Crippen molar-refractivity contribution in [1.29, 1.82) is 0 Å². The largest absolute Gasteiger partial charge is 0.492 e. The fourth-order valence-electron chi connectivity index (χ4n) is 1.97. The number of aryl methyl sites for hydroxylation is 1. The van der Waals surface area contributed by atoms with Crippen LogP contribution in [0.4, 0.5) is 0 Å². The summed E-state index contributed by atoms with van der Waals surface area (Å²) in [6.45, 7) is 9.12. The van der Waals surface area contributed by atoms with E-state index >= 15 is 0 Å². The third kappa shape index (κ3) is 2.77. The molecule has 1 aromatic carbocycles. The van der Waals surface area contributed by atoms with Crippen molar-refractivity contribution < 1.29 is 9.53 Å². The molecule has 0 unspecified atom stereocenters. The molecule has 1 heterocycles. The molecule has 1 amide bonds. The van der Waals surface area contributed by atoms with Crippen molar-refractivity contribution >= 4 is 27.5 Å². The lowest BCUT2D eigenvalue weighted by molar-refractivity contribution is -0.120. The van der Waals surface area contributed by atoms with Crippen LogP contribution >= 0.6 is 11.3 Å². The molecule has 0 atom stereocenters. The highest BCUT2D eigenvalue weighted by molar-refractivity contribution is 7.16. The van der Waals surface area contributed by atoms with Gasteiger partial charge in [-0.2, -0.15) is 4.99 Å².